The summed E-state index contributed by atoms with van der Waals surface area (Å²) in [6.45, 7) is 4.53. The number of carbonyl (C=O) groups is 1. The van der Waals surface area contributed by atoms with E-state index in [9.17, 15) is 13.2 Å². The second kappa shape index (κ2) is 11.1. The molecule has 2 fully saturated rings. The maximum atomic E-state index is 12.9. The standard InChI is InChI=1S/C23H32N6O4S/c1-33-20-8-7-18(17-21(20)34(31,32)27-19-5-2-3-6-19)22(30)24-11-12-28-13-15-29(16-14-28)23-25-9-4-10-26-23/h4,7-10,17,19,27H,2-3,5-6,11-16H2,1H3,(H,24,30). The summed E-state index contributed by atoms with van der Waals surface area (Å²) in [4.78, 5) is 25.7. The summed E-state index contributed by atoms with van der Waals surface area (Å²) < 4.78 is 33.9. The van der Waals surface area contributed by atoms with E-state index in [0.29, 0.717) is 18.7 Å². The van der Waals surface area contributed by atoms with Crippen molar-refractivity contribution in [3.05, 3.63) is 42.2 Å². The van der Waals surface area contributed by atoms with Crippen molar-refractivity contribution in [2.45, 2.75) is 36.6 Å². The van der Waals surface area contributed by atoms with Crippen LogP contribution in [-0.2, 0) is 10.0 Å². The Balaban J connectivity index is 1.30. The molecule has 2 N–H and O–H groups in total. The fourth-order valence-electron chi connectivity index (χ4n) is 4.41. The summed E-state index contributed by atoms with van der Waals surface area (Å²) >= 11 is 0. The third kappa shape index (κ3) is 6.02. The highest BCUT2D eigenvalue weighted by Crippen LogP contribution is 2.27. The summed E-state index contributed by atoms with van der Waals surface area (Å²) in [5.74, 6) is 0.654. The third-order valence-corrected chi connectivity index (χ3v) is 7.85. The lowest BCUT2D eigenvalue weighted by Crippen LogP contribution is -2.49. The molecule has 34 heavy (non-hydrogen) atoms. The van der Waals surface area contributed by atoms with E-state index < -0.39 is 10.0 Å². The van der Waals surface area contributed by atoms with Gasteiger partial charge in [-0.1, -0.05) is 12.8 Å². The molecule has 1 aromatic heterocycles. The van der Waals surface area contributed by atoms with Gasteiger partial charge in [0.1, 0.15) is 10.6 Å². The van der Waals surface area contributed by atoms with E-state index in [-0.39, 0.29) is 22.6 Å². The predicted molar refractivity (Wildman–Crippen MR) is 129 cm³/mol. The third-order valence-electron chi connectivity index (χ3n) is 6.31. The lowest BCUT2D eigenvalue weighted by molar-refractivity contribution is 0.0947. The largest absolute Gasteiger partial charge is 0.495 e. The second-order valence-electron chi connectivity index (χ2n) is 8.60. The molecule has 11 heteroatoms. The molecule has 0 bridgehead atoms. The Kier molecular flexibility index (Phi) is 7.96. The van der Waals surface area contributed by atoms with E-state index in [1.54, 1.807) is 24.5 Å². The molecule has 1 aromatic carbocycles. The average molecular weight is 489 g/mol. The van der Waals surface area contributed by atoms with Gasteiger partial charge in [-0.05, 0) is 37.1 Å². The normalized spacial score (nSPS) is 17.6. The van der Waals surface area contributed by atoms with Gasteiger partial charge in [-0.2, -0.15) is 0 Å². The van der Waals surface area contributed by atoms with Crippen LogP contribution >= 0.6 is 0 Å². The van der Waals surface area contributed by atoms with Crippen LogP contribution in [0.3, 0.4) is 0 Å². The Hall–Kier alpha value is -2.76. The number of anilines is 1. The molecule has 2 aromatic rings. The minimum absolute atomic E-state index is 0.00574. The fraction of sp³-hybridized carbons (Fsp3) is 0.522. The van der Waals surface area contributed by atoms with Crippen molar-refractivity contribution in [2.24, 2.45) is 0 Å². The van der Waals surface area contributed by atoms with E-state index in [0.717, 1.165) is 57.8 Å². The molecule has 1 amide bonds. The van der Waals surface area contributed by atoms with Crippen molar-refractivity contribution in [3.63, 3.8) is 0 Å². The van der Waals surface area contributed by atoms with Crippen LogP contribution in [0.1, 0.15) is 36.0 Å². The van der Waals surface area contributed by atoms with Crippen LogP contribution in [0.4, 0.5) is 5.95 Å². The molecule has 0 spiro atoms. The molecule has 0 radical (unpaired) electrons. The number of hydrogen-bond acceptors (Lipinski definition) is 8. The Morgan fingerprint density at radius 1 is 1.12 bits per heavy atom. The number of nitrogens with zero attached hydrogens (tertiary/aromatic N) is 4. The van der Waals surface area contributed by atoms with Crippen LogP contribution in [0, 0.1) is 0 Å². The van der Waals surface area contributed by atoms with Crippen LogP contribution in [0.25, 0.3) is 0 Å². The van der Waals surface area contributed by atoms with Crippen molar-refractivity contribution >= 4 is 21.9 Å². The molecule has 10 nitrogen and oxygen atoms in total. The SMILES string of the molecule is COc1ccc(C(=O)NCCN2CCN(c3ncccn3)CC2)cc1S(=O)(=O)NC1CCCC1. The lowest BCUT2D eigenvalue weighted by Gasteiger charge is -2.34. The van der Waals surface area contributed by atoms with Crippen molar-refractivity contribution in [2.75, 3.05) is 51.3 Å². The van der Waals surface area contributed by atoms with Gasteiger partial charge in [-0.15, -0.1) is 0 Å². The van der Waals surface area contributed by atoms with E-state index in [2.05, 4.69) is 29.8 Å². The number of sulfonamides is 1. The number of hydrogen-bond donors (Lipinski definition) is 2. The minimum Gasteiger partial charge on any atom is -0.495 e. The monoisotopic (exact) mass is 488 g/mol. The predicted octanol–water partition coefficient (Wildman–Crippen LogP) is 1.26. The minimum atomic E-state index is -3.79. The molecule has 0 atom stereocenters. The van der Waals surface area contributed by atoms with Crippen LogP contribution in [-0.4, -0.2) is 81.6 Å². The average Bonchev–Trinajstić information content (AvgIpc) is 3.37. The maximum absolute atomic E-state index is 12.9. The first-order valence-corrected chi connectivity index (χ1v) is 13.2. The topological polar surface area (TPSA) is 117 Å². The number of piperazine rings is 1. The molecular weight excluding hydrogens is 456 g/mol. The first-order chi connectivity index (χ1) is 16.5. The van der Waals surface area contributed by atoms with Gasteiger partial charge in [0.15, 0.2) is 0 Å². The second-order valence-corrected chi connectivity index (χ2v) is 10.3. The number of rotatable bonds is 9. The van der Waals surface area contributed by atoms with Crippen LogP contribution in [0.2, 0.25) is 0 Å². The van der Waals surface area contributed by atoms with E-state index in [1.165, 1.54) is 19.2 Å². The Morgan fingerprint density at radius 3 is 2.50 bits per heavy atom. The number of methoxy groups -OCH3 is 1. The van der Waals surface area contributed by atoms with Gasteiger partial charge in [0, 0.05) is 63.3 Å². The van der Waals surface area contributed by atoms with Crippen molar-refractivity contribution in [1.29, 1.82) is 0 Å². The van der Waals surface area contributed by atoms with Crippen molar-refractivity contribution < 1.29 is 17.9 Å². The Bertz CT molecular complexity index is 1070. The smallest absolute Gasteiger partial charge is 0.251 e. The van der Waals surface area contributed by atoms with Gasteiger partial charge in [0.25, 0.3) is 5.91 Å². The molecule has 2 heterocycles. The highest BCUT2D eigenvalue weighted by atomic mass is 32.2. The Morgan fingerprint density at radius 2 is 1.82 bits per heavy atom. The molecule has 2 aliphatic rings. The zero-order valence-corrected chi connectivity index (χ0v) is 20.3. The number of benzene rings is 1. The quantitative estimate of drug-likeness (QED) is 0.542. The summed E-state index contributed by atoms with van der Waals surface area (Å²) in [7, 11) is -2.36. The molecular formula is C23H32N6O4S. The Labute approximate surface area is 200 Å². The summed E-state index contributed by atoms with van der Waals surface area (Å²) in [6.07, 6.45) is 7.17. The summed E-state index contributed by atoms with van der Waals surface area (Å²) in [5.41, 5.74) is 0.290. The summed E-state index contributed by atoms with van der Waals surface area (Å²) in [5, 5.41) is 2.90. The van der Waals surface area contributed by atoms with E-state index in [1.807, 2.05) is 0 Å². The highest BCUT2D eigenvalue weighted by Gasteiger charge is 2.27. The van der Waals surface area contributed by atoms with Crippen LogP contribution < -0.4 is 19.7 Å². The summed E-state index contributed by atoms with van der Waals surface area (Å²) in [6, 6.07) is 6.24. The van der Waals surface area contributed by atoms with Gasteiger partial charge >= 0.3 is 0 Å². The highest BCUT2D eigenvalue weighted by molar-refractivity contribution is 7.89. The molecule has 184 valence electrons. The molecule has 1 aliphatic carbocycles. The van der Waals surface area contributed by atoms with Gasteiger partial charge < -0.3 is 15.0 Å². The van der Waals surface area contributed by atoms with Gasteiger partial charge in [-0.25, -0.2) is 23.1 Å². The number of carbonyl (C=O) groups excluding carboxylic acids is 1. The van der Waals surface area contributed by atoms with Crippen molar-refractivity contribution in [3.8, 4) is 5.75 Å². The molecule has 1 aliphatic heterocycles. The van der Waals surface area contributed by atoms with Crippen LogP contribution in [0.15, 0.2) is 41.6 Å². The van der Waals surface area contributed by atoms with Gasteiger partial charge in [-0.3, -0.25) is 9.69 Å². The number of aromatic nitrogens is 2. The zero-order valence-electron chi connectivity index (χ0n) is 19.4. The number of nitrogens with one attached hydrogen (secondary N) is 2. The van der Waals surface area contributed by atoms with Crippen LogP contribution in [0.5, 0.6) is 5.75 Å². The molecule has 1 saturated carbocycles. The molecule has 4 rings (SSSR count). The van der Waals surface area contributed by atoms with Crippen molar-refractivity contribution in [1.82, 2.24) is 24.9 Å². The van der Waals surface area contributed by atoms with Gasteiger partial charge in [0.05, 0.1) is 7.11 Å². The molecule has 1 saturated heterocycles. The van der Waals surface area contributed by atoms with Gasteiger partial charge in [0.2, 0.25) is 16.0 Å². The number of amides is 1. The van der Waals surface area contributed by atoms with E-state index in [4.69, 9.17) is 4.74 Å². The lowest BCUT2D eigenvalue weighted by atomic mass is 10.2. The number of ether oxygens (including phenoxy) is 1. The molecule has 0 unspecified atom stereocenters. The van der Waals surface area contributed by atoms with E-state index >= 15 is 0 Å². The first kappa shape index (κ1) is 24.4. The maximum Gasteiger partial charge on any atom is 0.251 e. The fourth-order valence-corrected chi connectivity index (χ4v) is 5.91. The zero-order chi connectivity index (χ0) is 24.0. The first-order valence-electron chi connectivity index (χ1n) is 11.7.